The summed E-state index contributed by atoms with van der Waals surface area (Å²) in [7, 11) is 5.28. The molecule has 1 unspecified atom stereocenters. The molecule has 0 aromatic heterocycles. The van der Waals surface area contributed by atoms with Gasteiger partial charge in [0.15, 0.2) is 0 Å². The predicted octanol–water partition coefficient (Wildman–Crippen LogP) is 1.52. The lowest BCUT2D eigenvalue weighted by molar-refractivity contribution is -0.384. The summed E-state index contributed by atoms with van der Waals surface area (Å²) in [5, 5.41) is 11.2. The van der Waals surface area contributed by atoms with Crippen LogP contribution in [-0.2, 0) is 4.74 Å². The Labute approximate surface area is 123 Å². The Bertz CT molecular complexity index is 559. The van der Waals surface area contributed by atoms with Crippen molar-refractivity contribution in [2.75, 3.05) is 39.2 Å². The average molecular weight is 293 g/mol. The number of methoxy groups -OCH3 is 1. The van der Waals surface area contributed by atoms with Gasteiger partial charge in [-0.1, -0.05) is 0 Å². The van der Waals surface area contributed by atoms with Gasteiger partial charge < -0.3 is 14.5 Å². The number of nitro benzene ring substituents is 1. The first kappa shape index (κ1) is 15.2. The molecule has 1 heterocycles. The maximum atomic E-state index is 11.6. The normalized spacial score (nSPS) is 18.1. The fraction of sp³-hybridized carbons (Fsp3) is 0.500. The molecule has 0 bridgehead atoms. The Kier molecular flexibility index (Phi) is 4.42. The Balaban J connectivity index is 2.36. The molecule has 114 valence electrons. The molecular weight excluding hydrogens is 274 g/mol. The van der Waals surface area contributed by atoms with Gasteiger partial charge in [0.1, 0.15) is 5.69 Å². The predicted molar refractivity (Wildman–Crippen MR) is 78.7 cm³/mol. The highest BCUT2D eigenvalue weighted by molar-refractivity contribution is 5.91. The van der Waals surface area contributed by atoms with Crippen molar-refractivity contribution in [2.45, 2.75) is 12.5 Å². The molecule has 1 saturated heterocycles. The van der Waals surface area contributed by atoms with Crippen LogP contribution in [0.2, 0.25) is 0 Å². The van der Waals surface area contributed by atoms with Crippen molar-refractivity contribution in [3.8, 4) is 0 Å². The molecule has 7 heteroatoms. The molecule has 0 saturated carbocycles. The van der Waals surface area contributed by atoms with E-state index in [1.807, 2.05) is 19.0 Å². The summed E-state index contributed by atoms with van der Waals surface area (Å²) in [6.07, 6.45) is 0.937. The number of esters is 1. The molecular formula is C14H19N3O4. The molecule has 0 aliphatic carbocycles. The highest BCUT2D eigenvalue weighted by atomic mass is 16.6. The van der Waals surface area contributed by atoms with Crippen molar-refractivity contribution >= 4 is 17.3 Å². The van der Waals surface area contributed by atoms with Gasteiger partial charge in [-0.2, -0.15) is 0 Å². The second-order valence-corrected chi connectivity index (χ2v) is 5.30. The number of nitrogens with zero attached hydrogens (tertiary/aromatic N) is 3. The van der Waals surface area contributed by atoms with Gasteiger partial charge in [-0.25, -0.2) is 4.79 Å². The van der Waals surface area contributed by atoms with E-state index in [0.29, 0.717) is 23.8 Å². The van der Waals surface area contributed by atoms with Gasteiger partial charge in [-0.15, -0.1) is 0 Å². The SMILES string of the molecule is COC(=O)c1ccc([N+](=O)[O-])c(N2CCC(N(C)C)C2)c1. The first-order chi connectivity index (χ1) is 9.93. The standard InChI is InChI=1S/C14H19N3O4/c1-15(2)11-6-7-16(9-11)13-8-10(14(18)21-3)4-5-12(13)17(19)20/h4-5,8,11H,6-7,9H2,1-3H3. The van der Waals surface area contributed by atoms with Gasteiger partial charge in [0.05, 0.1) is 17.6 Å². The van der Waals surface area contributed by atoms with Gasteiger partial charge in [0.25, 0.3) is 5.69 Å². The number of nitro groups is 1. The summed E-state index contributed by atoms with van der Waals surface area (Å²) in [6, 6.07) is 4.69. The Morgan fingerprint density at radius 3 is 2.71 bits per heavy atom. The first-order valence-corrected chi connectivity index (χ1v) is 6.72. The van der Waals surface area contributed by atoms with Crippen molar-refractivity contribution in [2.24, 2.45) is 0 Å². The molecule has 7 nitrogen and oxygen atoms in total. The van der Waals surface area contributed by atoms with Crippen molar-refractivity contribution in [3.05, 3.63) is 33.9 Å². The molecule has 1 fully saturated rings. The minimum Gasteiger partial charge on any atom is -0.465 e. The van der Waals surface area contributed by atoms with Gasteiger partial charge in [-0.05, 0) is 32.6 Å². The molecule has 1 aliphatic rings. The largest absolute Gasteiger partial charge is 0.465 e. The van der Waals surface area contributed by atoms with Crippen LogP contribution >= 0.6 is 0 Å². The first-order valence-electron chi connectivity index (χ1n) is 6.72. The van der Waals surface area contributed by atoms with E-state index in [0.717, 1.165) is 13.0 Å². The highest BCUT2D eigenvalue weighted by Crippen LogP contribution is 2.32. The van der Waals surface area contributed by atoms with E-state index < -0.39 is 10.9 Å². The van der Waals surface area contributed by atoms with Crippen LogP contribution in [0.4, 0.5) is 11.4 Å². The lowest BCUT2D eigenvalue weighted by atomic mass is 10.1. The van der Waals surface area contributed by atoms with Gasteiger partial charge >= 0.3 is 5.97 Å². The van der Waals surface area contributed by atoms with E-state index >= 15 is 0 Å². The number of carbonyl (C=O) groups excluding carboxylic acids is 1. The third-order valence-corrected chi connectivity index (χ3v) is 3.83. The van der Waals surface area contributed by atoms with E-state index in [-0.39, 0.29) is 5.69 Å². The number of carbonyl (C=O) groups is 1. The quantitative estimate of drug-likeness (QED) is 0.476. The van der Waals surface area contributed by atoms with Gasteiger partial charge in [-0.3, -0.25) is 10.1 Å². The van der Waals surface area contributed by atoms with Gasteiger partial charge in [0.2, 0.25) is 0 Å². The van der Waals surface area contributed by atoms with Crippen LogP contribution in [0.1, 0.15) is 16.8 Å². The molecule has 2 rings (SSSR count). The van der Waals surface area contributed by atoms with Crippen LogP contribution in [0.15, 0.2) is 18.2 Å². The van der Waals surface area contributed by atoms with Crippen LogP contribution in [-0.4, -0.2) is 56.1 Å². The van der Waals surface area contributed by atoms with Crippen LogP contribution in [0, 0.1) is 10.1 Å². The zero-order valence-corrected chi connectivity index (χ0v) is 12.4. The van der Waals surface area contributed by atoms with Crippen molar-refractivity contribution in [1.82, 2.24) is 4.90 Å². The van der Waals surface area contributed by atoms with Gasteiger partial charge in [0, 0.05) is 25.2 Å². The van der Waals surface area contributed by atoms with E-state index in [4.69, 9.17) is 0 Å². The Hall–Kier alpha value is -2.15. The van der Waals surface area contributed by atoms with Crippen molar-refractivity contribution in [3.63, 3.8) is 0 Å². The van der Waals surface area contributed by atoms with Crippen LogP contribution < -0.4 is 4.90 Å². The molecule has 1 aromatic rings. The second kappa shape index (κ2) is 6.09. The molecule has 1 aliphatic heterocycles. The summed E-state index contributed by atoms with van der Waals surface area (Å²) in [5.74, 6) is -0.491. The molecule has 0 amide bonds. The average Bonchev–Trinajstić information content (AvgIpc) is 2.95. The van der Waals surface area contributed by atoms with E-state index in [1.54, 1.807) is 6.07 Å². The molecule has 0 radical (unpaired) electrons. The lowest BCUT2D eigenvalue weighted by Crippen LogP contribution is -2.31. The van der Waals surface area contributed by atoms with Crippen molar-refractivity contribution in [1.29, 1.82) is 0 Å². The minimum atomic E-state index is -0.491. The summed E-state index contributed by atoms with van der Waals surface area (Å²) in [4.78, 5) is 26.5. The molecule has 1 aromatic carbocycles. The topological polar surface area (TPSA) is 75.9 Å². The van der Waals surface area contributed by atoms with Crippen LogP contribution in [0.5, 0.6) is 0 Å². The third-order valence-electron chi connectivity index (χ3n) is 3.83. The summed E-state index contributed by atoms with van der Waals surface area (Å²) in [6.45, 7) is 1.44. The fourth-order valence-electron chi connectivity index (χ4n) is 2.56. The third kappa shape index (κ3) is 3.13. The minimum absolute atomic E-state index is 0.0158. The summed E-state index contributed by atoms with van der Waals surface area (Å²) in [5.41, 5.74) is 0.820. The van der Waals surface area contributed by atoms with E-state index in [1.165, 1.54) is 19.2 Å². The maximum Gasteiger partial charge on any atom is 0.337 e. The van der Waals surface area contributed by atoms with Crippen molar-refractivity contribution < 1.29 is 14.5 Å². The number of benzene rings is 1. The Morgan fingerprint density at radius 1 is 1.48 bits per heavy atom. The number of hydrogen-bond acceptors (Lipinski definition) is 6. The second-order valence-electron chi connectivity index (χ2n) is 5.30. The monoisotopic (exact) mass is 293 g/mol. The smallest absolute Gasteiger partial charge is 0.337 e. The molecule has 1 atom stereocenters. The number of ether oxygens (including phenoxy) is 1. The van der Waals surface area contributed by atoms with Crippen LogP contribution in [0.3, 0.4) is 0 Å². The summed E-state index contributed by atoms with van der Waals surface area (Å²) < 4.78 is 4.68. The fourth-order valence-corrected chi connectivity index (χ4v) is 2.56. The Morgan fingerprint density at radius 2 is 2.19 bits per heavy atom. The van der Waals surface area contributed by atoms with E-state index in [9.17, 15) is 14.9 Å². The zero-order valence-electron chi connectivity index (χ0n) is 12.4. The van der Waals surface area contributed by atoms with E-state index in [2.05, 4.69) is 9.64 Å². The number of hydrogen-bond donors (Lipinski definition) is 0. The molecule has 0 spiro atoms. The lowest BCUT2D eigenvalue weighted by Gasteiger charge is -2.22. The number of anilines is 1. The number of rotatable bonds is 4. The van der Waals surface area contributed by atoms with Crippen LogP contribution in [0.25, 0.3) is 0 Å². The number of likely N-dealkylation sites (N-methyl/N-ethyl adjacent to an activating group) is 1. The summed E-state index contributed by atoms with van der Waals surface area (Å²) >= 11 is 0. The molecule has 21 heavy (non-hydrogen) atoms. The highest BCUT2D eigenvalue weighted by Gasteiger charge is 2.29. The maximum absolute atomic E-state index is 11.6. The zero-order chi connectivity index (χ0) is 15.6. The molecule has 0 N–H and O–H groups in total.